The molecule has 0 unspecified atom stereocenters. The Balaban J connectivity index is 2.10. The fourth-order valence-electron chi connectivity index (χ4n) is 4.23. The summed E-state index contributed by atoms with van der Waals surface area (Å²) in [6, 6.07) is 0. The third-order valence-corrected chi connectivity index (χ3v) is 5.39. The number of nitrogens with zero attached hydrogens (tertiary/aromatic N) is 2. The Morgan fingerprint density at radius 1 is 0.960 bits per heavy atom. The van der Waals surface area contributed by atoms with Crippen molar-refractivity contribution in [3.05, 3.63) is 11.6 Å². The number of hydrogen-bond donors (Lipinski definition) is 0. The van der Waals surface area contributed by atoms with Gasteiger partial charge in [0.2, 0.25) is 5.84 Å². The molecule has 2 heteroatoms. The second kappa shape index (κ2) is 8.73. The van der Waals surface area contributed by atoms with Crippen LogP contribution in [-0.4, -0.2) is 41.5 Å². The molecule has 0 bridgehead atoms. The van der Waals surface area contributed by atoms with Crippen LogP contribution >= 0.6 is 0 Å². The Morgan fingerprint density at radius 2 is 1.68 bits per heavy atom. The molecule has 2 aliphatic rings. The number of amidine groups is 1. The van der Waals surface area contributed by atoms with Crippen molar-refractivity contribution in [1.82, 2.24) is 4.90 Å². The van der Waals surface area contributed by atoms with E-state index in [1.54, 1.807) is 11.4 Å². The fraction of sp³-hybridized carbons (Fsp3) is 0.870. The van der Waals surface area contributed by atoms with Gasteiger partial charge >= 0.3 is 0 Å². The second-order valence-corrected chi connectivity index (χ2v) is 10.7. The minimum absolute atomic E-state index is 0.372. The van der Waals surface area contributed by atoms with Crippen LogP contribution in [0.15, 0.2) is 11.6 Å². The van der Waals surface area contributed by atoms with Crippen LogP contribution in [-0.2, 0) is 0 Å². The van der Waals surface area contributed by atoms with Gasteiger partial charge in [-0.2, -0.15) is 0 Å². The van der Waals surface area contributed by atoms with Crippen LogP contribution in [0.25, 0.3) is 0 Å². The Hall–Kier alpha value is -0.790. The summed E-state index contributed by atoms with van der Waals surface area (Å²) in [6.45, 7) is 19.2. The van der Waals surface area contributed by atoms with Crippen LogP contribution in [0.4, 0.5) is 0 Å². The zero-order valence-electron chi connectivity index (χ0n) is 18.0. The molecule has 144 valence electrons. The SMILES string of the molecule is CC(C)(C)CCC=C(CN1CCC[N+]2=C1CCCCC2)CC(C)(C)C. The lowest BCUT2D eigenvalue weighted by Gasteiger charge is -2.29. The minimum Gasteiger partial charge on any atom is -0.266 e. The molecule has 0 aliphatic carbocycles. The molecule has 2 rings (SSSR count). The van der Waals surface area contributed by atoms with Crippen LogP contribution < -0.4 is 0 Å². The molecule has 2 aliphatic heterocycles. The summed E-state index contributed by atoms with van der Waals surface area (Å²) in [7, 11) is 0. The molecule has 0 aromatic carbocycles. The maximum absolute atomic E-state index is 2.73. The maximum atomic E-state index is 2.73. The van der Waals surface area contributed by atoms with E-state index in [1.165, 1.54) is 71.0 Å². The Kier molecular flexibility index (Phi) is 7.17. The van der Waals surface area contributed by atoms with E-state index in [0.717, 1.165) is 6.54 Å². The predicted octanol–water partition coefficient (Wildman–Crippen LogP) is 5.87. The molecule has 0 radical (unpaired) electrons. The van der Waals surface area contributed by atoms with E-state index in [-0.39, 0.29) is 0 Å². The second-order valence-electron chi connectivity index (χ2n) is 10.7. The first-order valence-electron chi connectivity index (χ1n) is 10.7. The van der Waals surface area contributed by atoms with Crippen molar-refractivity contribution in [3.63, 3.8) is 0 Å². The lowest BCUT2D eigenvalue weighted by Crippen LogP contribution is -2.45. The quantitative estimate of drug-likeness (QED) is 0.445. The summed E-state index contributed by atoms with van der Waals surface area (Å²) in [5.41, 5.74) is 2.47. The van der Waals surface area contributed by atoms with Crippen LogP contribution in [0.5, 0.6) is 0 Å². The zero-order chi connectivity index (χ0) is 18.5. The summed E-state index contributed by atoms with van der Waals surface area (Å²) in [5.74, 6) is 1.65. The summed E-state index contributed by atoms with van der Waals surface area (Å²) in [4.78, 5) is 2.73. The Labute approximate surface area is 157 Å². The van der Waals surface area contributed by atoms with E-state index in [4.69, 9.17) is 0 Å². The van der Waals surface area contributed by atoms with E-state index in [9.17, 15) is 0 Å². The van der Waals surface area contributed by atoms with Crippen molar-refractivity contribution < 1.29 is 4.58 Å². The summed E-state index contributed by atoms with van der Waals surface area (Å²) in [6.07, 6.45) is 13.1. The molecule has 2 heterocycles. The smallest absolute Gasteiger partial charge is 0.247 e. The van der Waals surface area contributed by atoms with Gasteiger partial charge in [-0.05, 0) is 54.9 Å². The van der Waals surface area contributed by atoms with Crippen molar-refractivity contribution in [2.24, 2.45) is 10.8 Å². The van der Waals surface area contributed by atoms with Crippen molar-refractivity contribution in [3.8, 4) is 0 Å². The predicted molar refractivity (Wildman–Crippen MR) is 111 cm³/mol. The fourth-order valence-corrected chi connectivity index (χ4v) is 4.23. The first kappa shape index (κ1) is 20.5. The highest BCUT2D eigenvalue weighted by molar-refractivity contribution is 5.78. The molecule has 0 aromatic rings. The lowest BCUT2D eigenvalue weighted by atomic mass is 9.85. The molecular formula is C23H43N2+. The average molecular weight is 348 g/mol. The summed E-state index contributed by atoms with van der Waals surface area (Å²) < 4.78 is 2.69. The molecule has 0 amide bonds. The van der Waals surface area contributed by atoms with Gasteiger partial charge in [0.1, 0.15) is 6.54 Å². The van der Waals surface area contributed by atoms with E-state index in [2.05, 4.69) is 57.1 Å². The van der Waals surface area contributed by atoms with Gasteiger partial charge in [0.25, 0.3) is 0 Å². The molecule has 25 heavy (non-hydrogen) atoms. The topological polar surface area (TPSA) is 6.25 Å². The standard InChI is InChI=1S/C23H43N2/c1-22(2,3)14-10-12-20(18-23(4,5)6)19-25-17-11-16-24-15-9-7-8-13-21(24)25/h12H,7-11,13-19H2,1-6H3/q+1. The van der Waals surface area contributed by atoms with Crippen molar-refractivity contribution in [2.75, 3.05) is 26.2 Å². The van der Waals surface area contributed by atoms with Gasteiger partial charge in [-0.3, -0.25) is 9.48 Å². The summed E-state index contributed by atoms with van der Waals surface area (Å²) in [5, 5.41) is 0. The van der Waals surface area contributed by atoms with E-state index >= 15 is 0 Å². The third-order valence-electron chi connectivity index (χ3n) is 5.39. The Bertz CT molecular complexity index is 485. The summed E-state index contributed by atoms with van der Waals surface area (Å²) >= 11 is 0. The molecule has 0 atom stereocenters. The highest BCUT2D eigenvalue weighted by atomic mass is 15.3. The first-order chi connectivity index (χ1) is 11.6. The third kappa shape index (κ3) is 7.54. The van der Waals surface area contributed by atoms with Crippen LogP contribution in [0.1, 0.15) is 92.9 Å². The van der Waals surface area contributed by atoms with Crippen molar-refractivity contribution >= 4 is 5.84 Å². The molecule has 0 spiro atoms. The van der Waals surface area contributed by atoms with Gasteiger partial charge in [-0.15, -0.1) is 0 Å². The van der Waals surface area contributed by atoms with Gasteiger partial charge in [0, 0.05) is 12.8 Å². The van der Waals surface area contributed by atoms with Crippen molar-refractivity contribution in [1.29, 1.82) is 0 Å². The van der Waals surface area contributed by atoms with Gasteiger partial charge in [-0.1, -0.05) is 47.6 Å². The van der Waals surface area contributed by atoms with E-state index in [0.29, 0.717) is 10.8 Å². The highest BCUT2D eigenvalue weighted by Gasteiger charge is 2.29. The van der Waals surface area contributed by atoms with Crippen LogP contribution in [0, 0.1) is 10.8 Å². The van der Waals surface area contributed by atoms with Crippen LogP contribution in [0.3, 0.4) is 0 Å². The number of rotatable bonds is 5. The van der Waals surface area contributed by atoms with Gasteiger partial charge in [0.05, 0.1) is 19.6 Å². The van der Waals surface area contributed by atoms with Gasteiger partial charge < -0.3 is 0 Å². The van der Waals surface area contributed by atoms with Gasteiger partial charge in [-0.25, -0.2) is 0 Å². The monoisotopic (exact) mass is 347 g/mol. The van der Waals surface area contributed by atoms with Crippen LogP contribution in [0.2, 0.25) is 0 Å². The number of allylic oxidation sites excluding steroid dienone is 1. The molecule has 0 fully saturated rings. The molecule has 0 saturated carbocycles. The minimum atomic E-state index is 0.372. The largest absolute Gasteiger partial charge is 0.266 e. The first-order valence-corrected chi connectivity index (χ1v) is 10.7. The van der Waals surface area contributed by atoms with Crippen molar-refractivity contribution in [2.45, 2.75) is 92.9 Å². The number of hydrogen-bond acceptors (Lipinski definition) is 1. The molecule has 0 saturated heterocycles. The highest BCUT2D eigenvalue weighted by Crippen LogP contribution is 2.28. The average Bonchev–Trinajstić information content (AvgIpc) is 2.70. The Morgan fingerprint density at radius 3 is 2.36 bits per heavy atom. The zero-order valence-corrected chi connectivity index (χ0v) is 18.0. The maximum Gasteiger partial charge on any atom is 0.247 e. The molecular weight excluding hydrogens is 304 g/mol. The van der Waals surface area contributed by atoms with E-state index in [1.807, 2.05) is 0 Å². The molecule has 0 N–H and O–H groups in total. The normalized spacial score (nSPS) is 20.6. The van der Waals surface area contributed by atoms with Gasteiger partial charge in [0.15, 0.2) is 0 Å². The molecule has 2 nitrogen and oxygen atoms in total. The molecule has 0 aromatic heterocycles. The van der Waals surface area contributed by atoms with E-state index < -0.39 is 0 Å². The lowest BCUT2D eigenvalue weighted by molar-refractivity contribution is -0.538.